The highest BCUT2D eigenvalue weighted by molar-refractivity contribution is 7.19. The summed E-state index contributed by atoms with van der Waals surface area (Å²) in [6.45, 7) is 6.36. The number of thiophene rings is 1. The van der Waals surface area contributed by atoms with E-state index >= 15 is 0 Å². The second-order valence-corrected chi connectivity index (χ2v) is 10.4. The van der Waals surface area contributed by atoms with Gasteiger partial charge < -0.3 is 14.7 Å². The number of nitrogens with zero attached hydrogens (tertiary/aromatic N) is 5. The lowest BCUT2D eigenvalue weighted by molar-refractivity contribution is -0.0760. The van der Waals surface area contributed by atoms with E-state index in [1.54, 1.807) is 12.1 Å². The van der Waals surface area contributed by atoms with Gasteiger partial charge in [0, 0.05) is 44.4 Å². The van der Waals surface area contributed by atoms with E-state index < -0.39 is 5.91 Å². The zero-order chi connectivity index (χ0) is 25.1. The number of piperidine rings is 1. The number of halogens is 1. The molecule has 1 aliphatic rings. The van der Waals surface area contributed by atoms with Gasteiger partial charge in [0.15, 0.2) is 11.5 Å². The SMILES string of the molecule is CON(C)C(=O)c1cc(C(=O)NC2CCN(C(C)C)CC2)n(Cc2cc(-c3ccc(Cl)s3)on2)n1. The van der Waals surface area contributed by atoms with Crippen molar-refractivity contribution in [1.82, 2.24) is 30.2 Å². The van der Waals surface area contributed by atoms with Gasteiger partial charge in [0.1, 0.15) is 11.4 Å². The normalized spacial score (nSPS) is 15.0. The number of nitrogens with one attached hydrogen (secondary N) is 1. The van der Waals surface area contributed by atoms with Crippen LogP contribution < -0.4 is 5.32 Å². The summed E-state index contributed by atoms with van der Waals surface area (Å²) in [6, 6.07) is 7.44. The summed E-state index contributed by atoms with van der Waals surface area (Å²) in [4.78, 5) is 34.1. The minimum Gasteiger partial charge on any atom is -0.355 e. The van der Waals surface area contributed by atoms with Crippen molar-refractivity contribution in [2.45, 2.75) is 45.3 Å². The highest BCUT2D eigenvalue weighted by atomic mass is 35.5. The molecule has 1 fully saturated rings. The van der Waals surface area contributed by atoms with Crippen LogP contribution in [0.2, 0.25) is 4.34 Å². The Hall–Kier alpha value is -2.73. The molecule has 0 saturated carbocycles. The summed E-state index contributed by atoms with van der Waals surface area (Å²) in [7, 11) is 2.87. The van der Waals surface area contributed by atoms with E-state index in [1.165, 1.54) is 36.2 Å². The molecule has 0 atom stereocenters. The zero-order valence-corrected chi connectivity index (χ0v) is 21.7. The summed E-state index contributed by atoms with van der Waals surface area (Å²) in [6.07, 6.45) is 1.73. The van der Waals surface area contributed by atoms with Crippen molar-refractivity contribution < 1.29 is 18.9 Å². The number of amides is 2. The van der Waals surface area contributed by atoms with Gasteiger partial charge in [0.2, 0.25) is 0 Å². The molecule has 4 heterocycles. The predicted molar refractivity (Wildman–Crippen MR) is 132 cm³/mol. The topological polar surface area (TPSA) is 106 Å². The van der Waals surface area contributed by atoms with Gasteiger partial charge in [-0.2, -0.15) is 5.10 Å². The van der Waals surface area contributed by atoms with Crippen LogP contribution in [0.1, 0.15) is 53.4 Å². The minimum atomic E-state index is -0.459. The van der Waals surface area contributed by atoms with Crippen molar-refractivity contribution in [3.05, 3.63) is 45.7 Å². The lowest BCUT2D eigenvalue weighted by atomic mass is 10.0. The molecule has 0 aliphatic carbocycles. The Balaban J connectivity index is 1.54. The molecular formula is C23H29ClN6O4S. The molecular weight excluding hydrogens is 492 g/mol. The number of carbonyl (C=O) groups excluding carboxylic acids is 2. The number of hydrogen-bond donors (Lipinski definition) is 1. The third-order valence-corrected chi connectivity index (χ3v) is 7.32. The molecule has 0 radical (unpaired) electrons. The van der Waals surface area contributed by atoms with Crippen LogP contribution in [0.15, 0.2) is 28.8 Å². The van der Waals surface area contributed by atoms with Crippen LogP contribution in [0, 0.1) is 0 Å². The fourth-order valence-corrected chi connectivity index (χ4v) is 4.98. The first-order valence-corrected chi connectivity index (χ1v) is 12.6. The molecule has 12 heteroatoms. The van der Waals surface area contributed by atoms with Gasteiger partial charge in [-0.25, -0.2) is 5.06 Å². The Kier molecular flexibility index (Phi) is 7.90. The first-order valence-electron chi connectivity index (χ1n) is 11.4. The lowest BCUT2D eigenvalue weighted by Gasteiger charge is -2.34. The summed E-state index contributed by atoms with van der Waals surface area (Å²) in [5, 5.41) is 12.7. The van der Waals surface area contributed by atoms with Gasteiger partial charge in [-0.1, -0.05) is 16.8 Å². The molecule has 3 aromatic rings. The van der Waals surface area contributed by atoms with Crippen molar-refractivity contribution in [3.63, 3.8) is 0 Å². The second kappa shape index (κ2) is 10.9. The van der Waals surface area contributed by atoms with Crippen molar-refractivity contribution in [2.75, 3.05) is 27.2 Å². The molecule has 1 saturated heterocycles. The van der Waals surface area contributed by atoms with E-state index in [4.69, 9.17) is 21.0 Å². The third kappa shape index (κ3) is 5.92. The monoisotopic (exact) mass is 520 g/mol. The molecule has 10 nitrogen and oxygen atoms in total. The Morgan fingerprint density at radius 1 is 1.31 bits per heavy atom. The molecule has 0 bridgehead atoms. The number of hydroxylamine groups is 2. The number of carbonyl (C=O) groups is 2. The summed E-state index contributed by atoms with van der Waals surface area (Å²) < 4.78 is 7.58. The smallest absolute Gasteiger partial charge is 0.297 e. The number of rotatable bonds is 8. The van der Waals surface area contributed by atoms with Crippen molar-refractivity contribution in [2.24, 2.45) is 0 Å². The van der Waals surface area contributed by atoms with E-state index in [1.807, 2.05) is 6.07 Å². The van der Waals surface area contributed by atoms with Crippen LogP contribution in [-0.4, -0.2) is 76.0 Å². The van der Waals surface area contributed by atoms with Crippen LogP contribution in [0.3, 0.4) is 0 Å². The zero-order valence-electron chi connectivity index (χ0n) is 20.2. The van der Waals surface area contributed by atoms with E-state index in [2.05, 4.69) is 34.3 Å². The van der Waals surface area contributed by atoms with Crippen LogP contribution in [-0.2, 0) is 11.4 Å². The van der Waals surface area contributed by atoms with Crippen LogP contribution in [0.25, 0.3) is 10.6 Å². The molecule has 1 N–H and O–H groups in total. The van der Waals surface area contributed by atoms with E-state index in [0.717, 1.165) is 35.9 Å². The number of hydrogen-bond acceptors (Lipinski definition) is 8. The standard InChI is InChI=1S/C23H29ClN6O4S/c1-14(2)29-9-7-15(8-10-29)25-22(31)18-12-17(23(32)28(3)33-4)26-30(18)13-16-11-19(34-27-16)20-5-6-21(24)35-20/h5-6,11-12,14-15H,7-10,13H2,1-4H3,(H,25,31). The maximum Gasteiger partial charge on any atom is 0.297 e. The molecule has 0 spiro atoms. The molecule has 0 unspecified atom stereocenters. The average molecular weight is 521 g/mol. The molecule has 2 amide bonds. The average Bonchev–Trinajstić information content (AvgIpc) is 3.58. The second-order valence-electron chi connectivity index (χ2n) is 8.72. The van der Waals surface area contributed by atoms with Crippen molar-refractivity contribution >= 4 is 34.8 Å². The largest absolute Gasteiger partial charge is 0.355 e. The van der Waals surface area contributed by atoms with Gasteiger partial charge >= 0.3 is 0 Å². The molecule has 3 aromatic heterocycles. The molecule has 4 rings (SSSR count). The summed E-state index contributed by atoms with van der Waals surface area (Å²) in [5.74, 6) is -0.171. The third-order valence-electron chi connectivity index (χ3n) is 6.07. The van der Waals surface area contributed by atoms with Crippen LogP contribution >= 0.6 is 22.9 Å². The fourth-order valence-electron chi connectivity index (χ4n) is 3.99. The maximum absolute atomic E-state index is 13.2. The predicted octanol–water partition coefficient (Wildman–Crippen LogP) is 3.54. The Labute approximate surface area is 212 Å². The van der Waals surface area contributed by atoms with Crippen molar-refractivity contribution in [3.8, 4) is 10.6 Å². The molecule has 1 aliphatic heterocycles. The highest BCUT2D eigenvalue weighted by Crippen LogP contribution is 2.31. The maximum atomic E-state index is 13.2. The number of aromatic nitrogens is 3. The quantitative estimate of drug-likeness (QED) is 0.453. The Bertz CT molecular complexity index is 1180. The first-order chi connectivity index (χ1) is 16.7. The Morgan fingerprint density at radius 3 is 2.69 bits per heavy atom. The van der Waals surface area contributed by atoms with E-state index in [0.29, 0.717) is 21.8 Å². The van der Waals surface area contributed by atoms with Gasteiger partial charge in [0.25, 0.3) is 11.8 Å². The van der Waals surface area contributed by atoms with Crippen LogP contribution in [0.4, 0.5) is 0 Å². The molecule has 0 aromatic carbocycles. The van der Waals surface area contributed by atoms with Gasteiger partial charge in [-0.05, 0) is 38.8 Å². The summed E-state index contributed by atoms with van der Waals surface area (Å²) in [5.41, 5.74) is 0.932. The summed E-state index contributed by atoms with van der Waals surface area (Å²) >= 11 is 7.41. The first kappa shape index (κ1) is 25.4. The highest BCUT2D eigenvalue weighted by Gasteiger charge is 2.26. The molecule has 188 valence electrons. The number of likely N-dealkylation sites (tertiary alicyclic amines) is 1. The van der Waals surface area contributed by atoms with Crippen molar-refractivity contribution in [1.29, 1.82) is 0 Å². The molecule has 35 heavy (non-hydrogen) atoms. The van der Waals surface area contributed by atoms with Gasteiger partial charge in [-0.15, -0.1) is 11.3 Å². The Morgan fingerprint density at radius 2 is 2.06 bits per heavy atom. The van der Waals surface area contributed by atoms with E-state index in [9.17, 15) is 9.59 Å². The van der Waals surface area contributed by atoms with Crippen LogP contribution in [0.5, 0.6) is 0 Å². The minimum absolute atomic E-state index is 0.0591. The van der Waals surface area contributed by atoms with Gasteiger partial charge in [-0.3, -0.25) is 19.1 Å². The van der Waals surface area contributed by atoms with E-state index in [-0.39, 0.29) is 29.9 Å². The van der Waals surface area contributed by atoms with Gasteiger partial charge in [0.05, 0.1) is 22.9 Å². The lowest BCUT2D eigenvalue weighted by Crippen LogP contribution is -2.46. The fraction of sp³-hybridized carbons (Fsp3) is 0.478.